The summed E-state index contributed by atoms with van der Waals surface area (Å²) in [5.74, 6) is 1.78. The quantitative estimate of drug-likeness (QED) is 0.774. The monoisotopic (exact) mass is 415 g/mol. The van der Waals surface area contributed by atoms with Gasteiger partial charge in [0.05, 0.1) is 12.8 Å². The van der Waals surface area contributed by atoms with Gasteiger partial charge >= 0.3 is 0 Å². The average molecular weight is 416 g/mol. The fraction of sp³-hybridized carbons (Fsp3) is 0.667. The molecule has 1 N–H and O–H groups in total. The molecule has 1 aromatic rings. The van der Waals surface area contributed by atoms with E-state index < -0.39 is 6.04 Å². The largest absolute Gasteiger partial charge is 0.495 e. The van der Waals surface area contributed by atoms with Gasteiger partial charge in [-0.3, -0.25) is 9.59 Å². The van der Waals surface area contributed by atoms with Crippen LogP contribution in [0.15, 0.2) is 24.3 Å². The van der Waals surface area contributed by atoms with Crippen LogP contribution in [-0.4, -0.2) is 56.0 Å². The highest BCUT2D eigenvalue weighted by molar-refractivity contribution is 5.89. The minimum atomic E-state index is -0.449. The highest BCUT2D eigenvalue weighted by Gasteiger charge is 2.33. The van der Waals surface area contributed by atoms with Crippen molar-refractivity contribution in [3.8, 4) is 5.75 Å². The number of rotatable bonds is 6. The molecular weight excluding hydrogens is 378 g/mol. The van der Waals surface area contributed by atoms with Crippen LogP contribution in [0.1, 0.15) is 46.5 Å². The molecule has 1 aliphatic heterocycles. The predicted octanol–water partition coefficient (Wildman–Crippen LogP) is 3.31. The van der Waals surface area contributed by atoms with E-state index in [-0.39, 0.29) is 23.7 Å². The maximum absolute atomic E-state index is 13.2. The molecule has 1 saturated heterocycles. The third-order valence-electron chi connectivity index (χ3n) is 6.63. The Labute approximate surface area is 180 Å². The Hall–Kier alpha value is -2.24. The number of carbonyl (C=O) groups excluding carboxylic acids is 2. The van der Waals surface area contributed by atoms with E-state index in [1.807, 2.05) is 36.9 Å². The number of anilines is 1. The van der Waals surface area contributed by atoms with Gasteiger partial charge in [-0.05, 0) is 49.7 Å². The molecule has 0 bridgehead atoms. The molecular formula is C24H37N3O3. The summed E-state index contributed by atoms with van der Waals surface area (Å²) in [6.07, 6.45) is 4.07. The number of benzene rings is 1. The molecule has 1 saturated carbocycles. The van der Waals surface area contributed by atoms with Crippen LogP contribution in [0, 0.1) is 17.8 Å². The lowest BCUT2D eigenvalue weighted by Crippen LogP contribution is -2.57. The molecule has 0 aromatic heterocycles. The van der Waals surface area contributed by atoms with Gasteiger partial charge in [0, 0.05) is 32.1 Å². The number of para-hydroxylation sites is 2. The predicted molar refractivity (Wildman–Crippen MR) is 120 cm³/mol. The number of nitrogens with one attached hydrogen (secondary N) is 1. The minimum Gasteiger partial charge on any atom is -0.495 e. The van der Waals surface area contributed by atoms with Gasteiger partial charge < -0.3 is 19.9 Å². The number of piperazine rings is 1. The molecule has 6 nitrogen and oxygen atoms in total. The van der Waals surface area contributed by atoms with Crippen LogP contribution in [0.3, 0.4) is 0 Å². The molecule has 30 heavy (non-hydrogen) atoms. The van der Waals surface area contributed by atoms with Gasteiger partial charge in [-0.1, -0.05) is 32.9 Å². The van der Waals surface area contributed by atoms with Crippen LogP contribution in [0.25, 0.3) is 0 Å². The van der Waals surface area contributed by atoms with Crippen LogP contribution >= 0.6 is 0 Å². The second-order valence-electron chi connectivity index (χ2n) is 9.17. The van der Waals surface area contributed by atoms with Crippen LogP contribution in [-0.2, 0) is 9.59 Å². The Balaban J connectivity index is 1.58. The molecule has 1 heterocycles. The van der Waals surface area contributed by atoms with Gasteiger partial charge in [0.1, 0.15) is 11.8 Å². The summed E-state index contributed by atoms with van der Waals surface area (Å²) >= 11 is 0. The third kappa shape index (κ3) is 5.27. The summed E-state index contributed by atoms with van der Waals surface area (Å²) < 4.78 is 5.48. The van der Waals surface area contributed by atoms with Gasteiger partial charge in [-0.15, -0.1) is 0 Å². The molecule has 3 rings (SSSR count). The zero-order valence-electron chi connectivity index (χ0n) is 18.9. The molecule has 1 aliphatic carbocycles. The normalized spacial score (nSPS) is 23.2. The molecule has 0 radical (unpaired) electrons. The first kappa shape index (κ1) is 22.4. The van der Waals surface area contributed by atoms with Crippen LogP contribution < -0.4 is 15.0 Å². The van der Waals surface area contributed by atoms with Crippen molar-refractivity contribution in [1.82, 2.24) is 10.2 Å². The number of nitrogens with zero attached hydrogens (tertiary/aromatic N) is 2. The SMILES string of the molecule is COc1ccccc1N1CCN(C(=O)[C@@H](NC(=O)C2CCC(C)CC2)C(C)C)CC1. The van der Waals surface area contributed by atoms with Crippen molar-refractivity contribution in [2.24, 2.45) is 17.8 Å². The summed E-state index contributed by atoms with van der Waals surface area (Å²) in [5.41, 5.74) is 1.06. The zero-order valence-corrected chi connectivity index (χ0v) is 18.9. The average Bonchev–Trinajstić information content (AvgIpc) is 2.77. The van der Waals surface area contributed by atoms with E-state index in [2.05, 4.69) is 23.2 Å². The fourth-order valence-electron chi connectivity index (χ4n) is 4.56. The number of methoxy groups -OCH3 is 1. The summed E-state index contributed by atoms with van der Waals surface area (Å²) in [6, 6.07) is 7.54. The molecule has 0 spiro atoms. The van der Waals surface area contributed by atoms with Crippen molar-refractivity contribution in [3.05, 3.63) is 24.3 Å². The zero-order chi connectivity index (χ0) is 21.7. The fourth-order valence-corrected chi connectivity index (χ4v) is 4.56. The Morgan fingerprint density at radius 1 is 1.03 bits per heavy atom. The number of carbonyl (C=O) groups is 2. The minimum absolute atomic E-state index is 0.0437. The topological polar surface area (TPSA) is 61.9 Å². The number of hydrogen-bond acceptors (Lipinski definition) is 4. The van der Waals surface area contributed by atoms with Crippen molar-refractivity contribution >= 4 is 17.5 Å². The molecule has 1 aromatic carbocycles. The molecule has 166 valence electrons. The van der Waals surface area contributed by atoms with Gasteiger partial charge in [0.2, 0.25) is 11.8 Å². The van der Waals surface area contributed by atoms with Gasteiger partial charge in [-0.2, -0.15) is 0 Å². The second kappa shape index (κ2) is 10.2. The van der Waals surface area contributed by atoms with Gasteiger partial charge in [0.15, 0.2) is 0 Å². The van der Waals surface area contributed by atoms with Crippen LogP contribution in [0.5, 0.6) is 5.75 Å². The first-order valence-corrected chi connectivity index (χ1v) is 11.4. The smallest absolute Gasteiger partial charge is 0.245 e. The Morgan fingerprint density at radius 2 is 1.67 bits per heavy atom. The van der Waals surface area contributed by atoms with Crippen molar-refractivity contribution < 1.29 is 14.3 Å². The third-order valence-corrected chi connectivity index (χ3v) is 6.63. The summed E-state index contributed by atoms with van der Waals surface area (Å²) in [7, 11) is 1.68. The maximum atomic E-state index is 13.2. The van der Waals surface area contributed by atoms with E-state index in [4.69, 9.17) is 4.74 Å². The number of hydrogen-bond donors (Lipinski definition) is 1. The van der Waals surface area contributed by atoms with Crippen LogP contribution in [0.2, 0.25) is 0 Å². The highest BCUT2D eigenvalue weighted by atomic mass is 16.5. The van der Waals surface area contributed by atoms with Crippen molar-refractivity contribution in [2.75, 3.05) is 38.2 Å². The van der Waals surface area contributed by atoms with E-state index in [9.17, 15) is 9.59 Å². The van der Waals surface area contributed by atoms with Gasteiger partial charge in [-0.25, -0.2) is 0 Å². The Kier molecular flexibility index (Phi) is 7.62. The standard InChI is InChI=1S/C24H37N3O3/c1-17(2)22(25-23(28)19-11-9-18(3)10-12-19)24(29)27-15-13-26(14-16-27)20-7-5-6-8-21(20)30-4/h5-8,17-19,22H,9-16H2,1-4H3,(H,25,28)/t18?,19?,22-/m0/s1. The Morgan fingerprint density at radius 3 is 2.27 bits per heavy atom. The first-order valence-electron chi connectivity index (χ1n) is 11.4. The summed E-state index contributed by atoms with van der Waals surface area (Å²) in [5, 5.41) is 3.10. The van der Waals surface area contributed by atoms with E-state index in [0.29, 0.717) is 19.0 Å². The lowest BCUT2D eigenvalue weighted by atomic mass is 9.82. The maximum Gasteiger partial charge on any atom is 0.245 e. The van der Waals surface area contributed by atoms with Crippen molar-refractivity contribution in [2.45, 2.75) is 52.5 Å². The van der Waals surface area contributed by atoms with Crippen LogP contribution in [0.4, 0.5) is 5.69 Å². The van der Waals surface area contributed by atoms with E-state index in [1.54, 1.807) is 7.11 Å². The van der Waals surface area contributed by atoms with Crippen molar-refractivity contribution in [3.63, 3.8) is 0 Å². The molecule has 2 fully saturated rings. The lowest BCUT2D eigenvalue weighted by Gasteiger charge is -2.39. The Bertz CT molecular complexity index is 720. The van der Waals surface area contributed by atoms with E-state index in [0.717, 1.165) is 50.2 Å². The molecule has 2 aliphatic rings. The second-order valence-corrected chi connectivity index (χ2v) is 9.17. The first-order chi connectivity index (χ1) is 14.4. The molecule has 1 atom stereocenters. The molecule has 2 amide bonds. The summed E-state index contributed by atoms with van der Waals surface area (Å²) in [6.45, 7) is 9.08. The van der Waals surface area contributed by atoms with Crippen molar-refractivity contribution in [1.29, 1.82) is 0 Å². The highest BCUT2D eigenvalue weighted by Crippen LogP contribution is 2.30. The summed E-state index contributed by atoms with van der Waals surface area (Å²) in [4.78, 5) is 30.2. The number of amides is 2. The molecule has 0 unspecified atom stereocenters. The number of ether oxygens (including phenoxy) is 1. The van der Waals surface area contributed by atoms with E-state index >= 15 is 0 Å². The van der Waals surface area contributed by atoms with Gasteiger partial charge in [0.25, 0.3) is 0 Å². The van der Waals surface area contributed by atoms with E-state index in [1.165, 1.54) is 0 Å². The lowest BCUT2D eigenvalue weighted by molar-refractivity contribution is -0.139. The molecule has 6 heteroatoms.